The summed E-state index contributed by atoms with van der Waals surface area (Å²) in [5, 5.41) is 2.34. The molecule has 1 aromatic carbocycles. The number of nitrogens with one attached hydrogen (secondary N) is 1. The Morgan fingerprint density at radius 1 is 1.40 bits per heavy atom. The maximum absolute atomic E-state index is 13.8. The molecule has 0 spiro atoms. The minimum atomic E-state index is -2.43. The van der Waals surface area contributed by atoms with Crippen molar-refractivity contribution in [2.75, 3.05) is 6.61 Å². The second-order valence-electron chi connectivity index (χ2n) is 4.09. The standard InChI is InChI=1S/C13H13FN2O4/c1-2-20-12(18)10(14)16-11(17)9(15-13(16)19)8-6-4-3-5-7-8/h3-7,9-10H,2H2,1H3,(H,15,19). The van der Waals surface area contributed by atoms with Crippen LogP contribution in [-0.4, -0.2) is 35.7 Å². The number of hydrogen-bond donors (Lipinski definition) is 1. The van der Waals surface area contributed by atoms with Gasteiger partial charge in [-0.1, -0.05) is 30.3 Å². The van der Waals surface area contributed by atoms with E-state index in [1.807, 2.05) is 0 Å². The van der Waals surface area contributed by atoms with Gasteiger partial charge in [-0.05, 0) is 12.5 Å². The number of halogens is 1. The van der Waals surface area contributed by atoms with Crippen molar-refractivity contribution in [3.05, 3.63) is 35.9 Å². The number of amides is 3. The van der Waals surface area contributed by atoms with Crippen molar-refractivity contribution < 1.29 is 23.5 Å². The number of nitrogens with zero attached hydrogens (tertiary/aromatic N) is 1. The Bertz CT molecular complexity index is 534. The summed E-state index contributed by atoms with van der Waals surface area (Å²) in [5.41, 5.74) is 0.518. The van der Waals surface area contributed by atoms with Crippen LogP contribution in [0.2, 0.25) is 0 Å². The van der Waals surface area contributed by atoms with Gasteiger partial charge in [0.25, 0.3) is 12.2 Å². The Labute approximate surface area is 114 Å². The molecular formula is C13H13FN2O4. The van der Waals surface area contributed by atoms with Crippen LogP contribution in [0.3, 0.4) is 0 Å². The zero-order valence-electron chi connectivity index (χ0n) is 10.7. The molecule has 2 atom stereocenters. The molecule has 1 saturated heterocycles. The average molecular weight is 280 g/mol. The molecule has 106 valence electrons. The lowest BCUT2D eigenvalue weighted by Gasteiger charge is -2.16. The summed E-state index contributed by atoms with van der Waals surface area (Å²) in [6, 6.07) is 6.44. The quantitative estimate of drug-likeness (QED) is 0.510. The van der Waals surface area contributed by atoms with Gasteiger partial charge in [-0.3, -0.25) is 4.79 Å². The molecule has 1 N–H and O–H groups in total. The summed E-state index contributed by atoms with van der Waals surface area (Å²) < 4.78 is 18.3. The van der Waals surface area contributed by atoms with Crippen LogP contribution in [0.1, 0.15) is 18.5 Å². The predicted octanol–water partition coefficient (Wildman–Crippen LogP) is 1.14. The highest BCUT2D eigenvalue weighted by molar-refractivity contribution is 6.07. The Kier molecular flexibility index (Phi) is 3.97. The number of carbonyl (C=O) groups excluding carboxylic acids is 3. The first kappa shape index (κ1) is 14.0. The lowest BCUT2D eigenvalue weighted by atomic mass is 10.1. The van der Waals surface area contributed by atoms with Crippen molar-refractivity contribution in [1.29, 1.82) is 0 Å². The van der Waals surface area contributed by atoms with Crippen molar-refractivity contribution >= 4 is 17.9 Å². The van der Waals surface area contributed by atoms with Crippen molar-refractivity contribution in [3.8, 4) is 0 Å². The maximum atomic E-state index is 13.8. The summed E-state index contributed by atoms with van der Waals surface area (Å²) in [7, 11) is 0. The highest BCUT2D eigenvalue weighted by Crippen LogP contribution is 2.24. The fraction of sp³-hybridized carbons (Fsp3) is 0.308. The van der Waals surface area contributed by atoms with Gasteiger partial charge in [0.05, 0.1) is 6.61 Å². The minimum Gasteiger partial charge on any atom is -0.462 e. The molecule has 20 heavy (non-hydrogen) atoms. The van der Waals surface area contributed by atoms with Crippen molar-refractivity contribution in [2.45, 2.75) is 19.3 Å². The van der Waals surface area contributed by atoms with Crippen LogP contribution in [0.4, 0.5) is 9.18 Å². The topological polar surface area (TPSA) is 75.7 Å². The number of alkyl halides is 1. The monoisotopic (exact) mass is 280 g/mol. The first-order valence-corrected chi connectivity index (χ1v) is 6.05. The SMILES string of the molecule is CCOC(=O)C(F)N1C(=O)NC(c2ccccc2)C1=O. The van der Waals surface area contributed by atoms with Gasteiger partial charge >= 0.3 is 12.0 Å². The van der Waals surface area contributed by atoms with E-state index in [0.29, 0.717) is 5.56 Å². The maximum Gasteiger partial charge on any atom is 0.362 e. The van der Waals surface area contributed by atoms with Crippen molar-refractivity contribution in [2.24, 2.45) is 0 Å². The molecule has 0 saturated carbocycles. The molecule has 1 heterocycles. The summed E-state index contributed by atoms with van der Waals surface area (Å²) in [4.78, 5) is 35.3. The Morgan fingerprint density at radius 2 is 2.05 bits per heavy atom. The van der Waals surface area contributed by atoms with Crippen LogP contribution in [0, 0.1) is 0 Å². The van der Waals surface area contributed by atoms with Crippen LogP contribution in [0.5, 0.6) is 0 Å². The number of ether oxygens (including phenoxy) is 1. The molecule has 2 rings (SSSR count). The van der Waals surface area contributed by atoms with Gasteiger partial charge in [-0.2, -0.15) is 0 Å². The third-order valence-corrected chi connectivity index (χ3v) is 2.81. The highest BCUT2D eigenvalue weighted by Gasteiger charge is 2.46. The van der Waals surface area contributed by atoms with E-state index in [1.165, 1.54) is 6.92 Å². The lowest BCUT2D eigenvalue weighted by molar-refractivity contribution is -0.158. The molecule has 1 aromatic rings. The van der Waals surface area contributed by atoms with Crippen LogP contribution >= 0.6 is 0 Å². The fourth-order valence-corrected chi connectivity index (χ4v) is 1.90. The first-order chi connectivity index (χ1) is 9.56. The average Bonchev–Trinajstić information content (AvgIpc) is 2.74. The van der Waals surface area contributed by atoms with E-state index in [-0.39, 0.29) is 11.5 Å². The Balaban J connectivity index is 2.19. The molecule has 0 aliphatic carbocycles. The lowest BCUT2D eigenvalue weighted by Crippen LogP contribution is -2.43. The van der Waals surface area contributed by atoms with Crippen LogP contribution in [-0.2, 0) is 14.3 Å². The number of carbonyl (C=O) groups is 3. The second kappa shape index (κ2) is 5.68. The number of rotatable bonds is 4. The van der Waals surface area contributed by atoms with Gasteiger partial charge < -0.3 is 10.1 Å². The van der Waals surface area contributed by atoms with Crippen LogP contribution in [0.15, 0.2) is 30.3 Å². The van der Waals surface area contributed by atoms with Gasteiger partial charge in [-0.25, -0.2) is 18.9 Å². The Morgan fingerprint density at radius 3 is 2.65 bits per heavy atom. The molecule has 3 amide bonds. The van der Waals surface area contributed by atoms with E-state index >= 15 is 0 Å². The zero-order valence-corrected chi connectivity index (χ0v) is 10.7. The van der Waals surface area contributed by atoms with Gasteiger partial charge in [0.1, 0.15) is 6.04 Å². The van der Waals surface area contributed by atoms with Crippen LogP contribution < -0.4 is 5.32 Å². The van der Waals surface area contributed by atoms with E-state index in [4.69, 9.17) is 0 Å². The number of benzene rings is 1. The second-order valence-corrected chi connectivity index (χ2v) is 4.09. The van der Waals surface area contributed by atoms with Gasteiger partial charge in [0.2, 0.25) is 0 Å². The molecule has 6 nitrogen and oxygen atoms in total. The summed E-state index contributed by atoms with van der Waals surface area (Å²) in [6.07, 6.45) is -2.43. The summed E-state index contributed by atoms with van der Waals surface area (Å²) >= 11 is 0. The molecule has 7 heteroatoms. The van der Waals surface area contributed by atoms with E-state index < -0.39 is 30.2 Å². The largest absolute Gasteiger partial charge is 0.462 e. The van der Waals surface area contributed by atoms with Gasteiger partial charge in [0.15, 0.2) is 0 Å². The zero-order chi connectivity index (χ0) is 14.7. The molecule has 1 aliphatic heterocycles. The third-order valence-electron chi connectivity index (χ3n) is 2.81. The fourth-order valence-electron chi connectivity index (χ4n) is 1.90. The highest BCUT2D eigenvalue weighted by atomic mass is 19.1. The van der Waals surface area contributed by atoms with E-state index in [0.717, 1.165) is 0 Å². The predicted molar refractivity (Wildman–Crippen MR) is 66.1 cm³/mol. The van der Waals surface area contributed by atoms with Crippen molar-refractivity contribution in [3.63, 3.8) is 0 Å². The molecular weight excluding hydrogens is 267 g/mol. The molecule has 2 unspecified atom stereocenters. The summed E-state index contributed by atoms with van der Waals surface area (Å²) in [5.74, 6) is -2.08. The van der Waals surface area contributed by atoms with Gasteiger partial charge in [-0.15, -0.1) is 0 Å². The Hall–Kier alpha value is -2.44. The molecule has 0 aromatic heterocycles. The molecule has 1 aliphatic rings. The molecule has 0 bridgehead atoms. The minimum absolute atomic E-state index is 0.0367. The number of imide groups is 1. The number of hydrogen-bond acceptors (Lipinski definition) is 4. The number of urea groups is 1. The molecule has 0 radical (unpaired) electrons. The van der Waals surface area contributed by atoms with E-state index in [1.54, 1.807) is 30.3 Å². The smallest absolute Gasteiger partial charge is 0.362 e. The number of esters is 1. The van der Waals surface area contributed by atoms with Crippen LogP contribution in [0.25, 0.3) is 0 Å². The third kappa shape index (κ3) is 2.47. The summed E-state index contributed by atoms with van der Waals surface area (Å²) in [6.45, 7) is 1.47. The van der Waals surface area contributed by atoms with Gasteiger partial charge in [0, 0.05) is 0 Å². The van der Waals surface area contributed by atoms with E-state index in [2.05, 4.69) is 10.1 Å². The molecule has 1 fully saturated rings. The van der Waals surface area contributed by atoms with Crippen molar-refractivity contribution in [1.82, 2.24) is 10.2 Å². The normalized spacial score (nSPS) is 19.7. The first-order valence-electron chi connectivity index (χ1n) is 6.05. The van der Waals surface area contributed by atoms with E-state index in [9.17, 15) is 18.8 Å².